The highest BCUT2D eigenvalue weighted by Crippen LogP contribution is 2.38. The van der Waals surface area contributed by atoms with Crippen LogP contribution in [0.3, 0.4) is 0 Å². The molecule has 0 bridgehead atoms. The number of carbonyl (C=O) groups is 1. The van der Waals surface area contributed by atoms with Crippen molar-refractivity contribution >= 4 is 28.6 Å². The fourth-order valence-electron chi connectivity index (χ4n) is 3.33. The highest BCUT2D eigenvalue weighted by atomic mass is 32.2. The first-order chi connectivity index (χ1) is 13.1. The SMILES string of the molecule is COc1ccc(SC)cc1-c1[nH]c2ccc(C(=O)O)cc2c1CCCCN. The van der Waals surface area contributed by atoms with E-state index < -0.39 is 5.97 Å². The lowest BCUT2D eigenvalue weighted by molar-refractivity contribution is 0.0697. The number of carboxylic acids is 1. The first kappa shape index (κ1) is 19.3. The summed E-state index contributed by atoms with van der Waals surface area (Å²) in [6.07, 6.45) is 4.73. The Morgan fingerprint density at radius 3 is 2.70 bits per heavy atom. The van der Waals surface area contributed by atoms with Gasteiger partial charge >= 0.3 is 5.97 Å². The third kappa shape index (κ3) is 3.96. The standard InChI is InChI=1S/C21H24N2O3S/c1-26-19-9-7-14(27-2)12-17(19)20-15(5-3-4-10-22)16-11-13(21(24)25)6-8-18(16)23-20/h6-9,11-12,23H,3-5,10,22H2,1-2H3,(H,24,25). The summed E-state index contributed by atoms with van der Waals surface area (Å²) in [4.78, 5) is 16.1. The van der Waals surface area contributed by atoms with Gasteiger partial charge in [-0.25, -0.2) is 4.79 Å². The van der Waals surface area contributed by atoms with Gasteiger partial charge < -0.3 is 20.6 Å². The topological polar surface area (TPSA) is 88.3 Å². The molecule has 0 aliphatic heterocycles. The molecule has 27 heavy (non-hydrogen) atoms. The van der Waals surface area contributed by atoms with Crippen LogP contribution in [0.15, 0.2) is 41.3 Å². The van der Waals surface area contributed by atoms with Gasteiger partial charge in [-0.15, -0.1) is 11.8 Å². The molecule has 1 aromatic heterocycles. The number of carboxylic acid groups (broad SMARTS) is 1. The van der Waals surface area contributed by atoms with Gasteiger partial charge in [-0.3, -0.25) is 0 Å². The number of rotatable bonds is 8. The summed E-state index contributed by atoms with van der Waals surface area (Å²) < 4.78 is 5.59. The molecule has 0 spiro atoms. The summed E-state index contributed by atoms with van der Waals surface area (Å²) in [7, 11) is 1.66. The lowest BCUT2D eigenvalue weighted by atomic mass is 9.99. The molecule has 6 heteroatoms. The van der Waals surface area contributed by atoms with Crippen molar-refractivity contribution in [2.45, 2.75) is 24.2 Å². The predicted molar refractivity (Wildman–Crippen MR) is 111 cm³/mol. The molecule has 3 aromatic rings. The third-order valence-corrected chi connectivity index (χ3v) is 5.44. The molecule has 0 atom stereocenters. The number of hydrogen-bond acceptors (Lipinski definition) is 4. The molecular weight excluding hydrogens is 360 g/mol. The van der Waals surface area contributed by atoms with Crippen molar-refractivity contribution in [3.8, 4) is 17.0 Å². The van der Waals surface area contributed by atoms with E-state index in [1.807, 2.05) is 24.5 Å². The lowest BCUT2D eigenvalue weighted by Gasteiger charge is -2.11. The number of aromatic carboxylic acids is 1. The fraction of sp³-hybridized carbons (Fsp3) is 0.286. The van der Waals surface area contributed by atoms with Crippen molar-refractivity contribution < 1.29 is 14.6 Å². The Kier molecular flexibility index (Phi) is 6.08. The number of H-pyrrole nitrogens is 1. The van der Waals surface area contributed by atoms with Crippen molar-refractivity contribution in [2.75, 3.05) is 19.9 Å². The van der Waals surface area contributed by atoms with Crippen LogP contribution in [-0.2, 0) is 6.42 Å². The quantitative estimate of drug-likeness (QED) is 0.392. The zero-order valence-electron chi connectivity index (χ0n) is 15.5. The molecule has 5 nitrogen and oxygen atoms in total. The first-order valence-electron chi connectivity index (χ1n) is 8.89. The largest absolute Gasteiger partial charge is 0.496 e. The van der Waals surface area contributed by atoms with Crippen molar-refractivity contribution in [1.29, 1.82) is 0 Å². The van der Waals surface area contributed by atoms with Crippen molar-refractivity contribution in [2.24, 2.45) is 5.73 Å². The molecule has 0 amide bonds. The summed E-state index contributed by atoms with van der Waals surface area (Å²) in [6, 6.07) is 11.3. The van der Waals surface area contributed by atoms with Crippen LogP contribution >= 0.6 is 11.8 Å². The minimum absolute atomic E-state index is 0.290. The van der Waals surface area contributed by atoms with E-state index in [0.717, 1.165) is 57.6 Å². The number of nitrogens with one attached hydrogen (secondary N) is 1. The smallest absolute Gasteiger partial charge is 0.335 e. The molecule has 4 N–H and O–H groups in total. The van der Waals surface area contributed by atoms with E-state index >= 15 is 0 Å². The van der Waals surface area contributed by atoms with Gasteiger partial charge in [0.25, 0.3) is 0 Å². The van der Waals surface area contributed by atoms with Gasteiger partial charge in [-0.2, -0.15) is 0 Å². The van der Waals surface area contributed by atoms with E-state index in [-0.39, 0.29) is 5.56 Å². The van der Waals surface area contributed by atoms with E-state index in [1.54, 1.807) is 31.0 Å². The Labute approximate surface area is 162 Å². The van der Waals surface area contributed by atoms with Gasteiger partial charge in [0.2, 0.25) is 0 Å². The van der Waals surface area contributed by atoms with E-state index in [4.69, 9.17) is 10.5 Å². The zero-order chi connectivity index (χ0) is 19.4. The Bertz CT molecular complexity index is 965. The number of fused-ring (bicyclic) bond motifs is 1. The lowest BCUT2D eigenvalue weighted by Crippen LogP contribution is -2.00. The Balaban J connectivity index is 2.22. The van der Waals surface area contributed by atoms with Crippen molar-refractivity contribution in [3.63, 3.8) is 0 Å². The number of aromatic nitrogens is 1. The van der Waals surface area contributed by atoms with E-state index in [0.29, 0.717) is 6.54 Å². The van der Waals surface area contributed by atoms with Gasteiger partial charge in [0.15, 0.2) is 0 Å². The maximum absolute atomic E-state index is 11.4. The second kappa shape index (κ2) is 8.50. The number of hydrogen-bond donors (Lipinski definition) is 3. The summed E-state index contributed by atoms with van der Waals surface area (Å²) in [5, 5.41) is 10.3. The molecule has 0 saturated carbocycles. The summed E-state index contributed by atoms with van der Waals surface area (Å²) in [5.74, 6) is -0.132. The Morgan fingerprint density at radius 1 is 1.22 bits per heavy atom. The first-order valence-corrected chi connectivity index (χ1v) is 10.1. The summed E-state index contributed by atoms with van der Waals surface area (Å²) in [5.41, 5.74) is 9.96. The van der Waals surface area contributed by atoms with Gasteiger partial charge in [-0.1, -0.05) is 0 Å². The van der Waals surface area contributed by atoms with Crippen LogP contribution < -0.4 is 10.5 Å². The maximum Gasteiger partial charge on any atom is 0.335 e. The zero-order valence-corrected chi connectivity index (χ0v) is 16.4. The molecule has 0 unspecified atom stereocenters. The minimum atomic E-state index is -0.922. The Morgan fingerprint density at radius 2 is 2.04 bits per heavy atom. The second-order valence-electron chi connectivity index (χ2n) is 6.36. The van der Waals surface area contributed by atoms with Gasteiger partial charge in [0.1, 0.15) is 5.75 Å². The number of thioether (sulfide) groups is 1. The average molecular weight is 385 g/mol. The Hall–Kier alpha value is -2.44. The number of methoxy groups -OCH3 is 1. The summed E-state index contributed by atoms with van der Waals surface area (Å²) >= 11 is 1.67. The fourth-order valence-corrected chi connectivity index (χ4v) is 3.77. The minimum Gasteiger partial charge on any atom is -0.496 e. The van der Waals surface area contributed by atoms with Crippen LogP contribution in [-0.4, -0.2) is 36.0 Å². The maximum atomic E-state index is 11.4. The van der Waals surface area contributed by atoms with Gasteiger partial charge in [0.05, 0.1) is 18.4 Å². The van der Waals surface area contributed by atoms with Gasteiger partial charge in [0, 0.05) is 21.4 Å². The number of aryl methyl sites for hydroxylation is 1. The third-order valence-electron chi connectivity index (χ3n) is 4.71. The number of ether oxygens (including phenoxy) is 1. The average Bonchev–Trinajstić information content (AvgIpc) is 3.05. The number of aromatic amines is 1. The van der Waals surface area contributed by atoms with Crippen molar-refractivity contribution in [3.05, 3.63) is 47.5 Å². The second-order valence-corrected chi connectivity index (χ2v) is 7.24. The van der Waals surface area contributed by atoms with Crippen LogP contribution in [0, 0.1) is 0 Å². The molecule has 0 aliphatic rings. The molecule has 3 rings (SSSR count). The van der Waals surface area contributed by atoms with Gasteiger partial charge in [-0.05, 0) is 74.0 Å². The van der Waals surface area contributed by atoms with Crippen LogP contribution in [0.25, 0.3) is 22.2 Å². The molecule has 0 fully saturated rings. The van der Waals surface area contributed by atoms with E-state index in [9.17, 15) is 9.90 Å². The van der Waals surface area contributed by atoms with Crippen LogP contribution in [0.4, 0.5) is 0 Å². The number of nitrogens with two attached hydrogens (primary N) is 1. The van der Waals surface area contributed by atoms with Crippen LogP contribution in [0.1, 0.15) is 28.8 Å². The molecule has 0 radical (unpaired) electrons. The molecule has 0 saturated heterocycles. The van der Waals surface area contributed by atoms with Crippen LogP contribution in [0.2, 0.25) is 0 Å². The highest BCUT2D eigenvalue weighted by Gasteiger charge is 2.18. The van der Waals surface area contributed by atoms with E-state index in [1.165, 1.54) is 0 Å². The van der Waals surface area contributed by atoms with Crippen molar-refractivity contribution in [1.82, 2.24) is 4.98 Å². The molecule has 142 valence electrons. The molecule has 2 aromatic carbocycles. The number of benzene rings is 2. The molecule has 1 heterocycles. The molecule has 0 aliphatic carbocycles. The normalized spacial score (nSPS) is 11.1. The highest BCUT2D eigenvalue weighted by molar-refractivity contribution is 7.98. The van der Waals surface area contributed by atoms with Crippen LogP contribution in [0.5, 0.6) is 5.75 Å². The summed E-state index contributed by atoms with van der Waals surface area (Å²) in [6.45, 7) is 0.642. The molecular formula is C21H24N2O3S. The van der Waals surface area contributed by atoms with E-state index in [2.05, 4.69) is 11.1 Å². The predicted octanol–water partition coefficient (Wildman–Crippen LogP) is 4.55. The monoisotopic (exact) mass is 384 g/mol. The number of unbranched alkanes of at least 4 members (excludes halogenated alkanes) is 1.